The molecule has 0 amide bonds. The number of nitrogens with one attached hydrogen (secondary N) is 1. The van der Waals surface area contributed by atoms with E-state index in [-0.39, 0.29) is 5.78 Å². The van der Waals surface area contributed by atoms with E-state index >= 15 is 0 Å². The second kappa shape index (κ2) is 7.16. The van der Waals surface area contributed by atoms with Crippen molar-refractivity contribution < 1.29 is 9.59 Å². The molecule has 0 aliphatic rings. The number of aldehydes is 1. The van der Waals surface area contributed by atoms with Crippen molar-refractivity contribution in [2.24, 2.45) is 0 Å². The molecule has 1 aromatic rings. The largest absolute Gasteiger partial charge is 0.299 e. The van der Waals surface area contributed by atoms with Crippen molar-refractivity contribution in [2.45, 2.75) is 25.9 Å². The van der Waals surface area contributed by atoms with Crippen molar-refractivity contribution in [3.63, 3.8) is 0 Å². The van der Waals surface area contributed by atoms with Gasteiger partial charge in [0.1, 0.15) is 0 Å². The topological polar surface area (TPSA) is 49.4 Å². The van der Waals surface area contributed by atoms with Gasteiger partial charge in [-0.05, 0) is 20.0 Å². The molecule has 0 heterocycles. The van der Waals surface area contributed by atoms with Crippen LogP contribution >= 0.6 is 0 Å². The molecule has 1 N–H and O–H groups in total. The highest BCUT2D eigenvalue weighted by Crippen LogP contribution is 2.16. The molecule has 19 heavy (non-hydrogen) atoms. The van der Waals surface area contributed by atoms with E-state index in [1.807, 2.05) is 19.9 Å². The Kier molecular flexibility index (Phi) is 5.86. The molecular formula is C15H22N2O2. The molecule has 0 aliphatic carbocycles. The summed E-state index contributed by atoms with van der Waals surface area (Å²) in [5.74, 6) is -0.207. The zero-order valence-corrected chi connectivity index (χ0v) is 11.8. The summed E-state index contributed by atoms with van der Waals surface area (Å²) in [5, 5.41) is 3.04. The molecule has 0 aliphatic heterocycles. The molecule has 4 heteroatoms. The van der Waals surface area contributed by atoms with Crippen LogP contribution in [-0.2, 0) is 4.79 Å². The SMILES string of the molecule is CCCN(C)C(C=O)(NCC)C(=O)c1ccccc1. The van der Waals surface area contributed by atoms with Gasteiger partial charge in [0.15, 0.2) is 11.9 Å². The van der Waals surface area contributed by atoms with Gasteiger partial charge < -0.3 is 0 Å². The first-order valence-electron chi connectivity index (χ1n) is 6.64. The Morgan fingerprint density at radius 3 is 2.42 bits per heavy atom. The lowest BCUT2D eigenvalue weighted by atomic mass is 9.97. The van der Waals surface area contributed by atoms with Gasteiger partial charge in [-0.3, -0.25) is 19.8 Å². The van der Waals surface area contributed by atoms with Crippen molar-refractivity contribution in [1.29, 1.82) is 0 Å². The number of carbonyl (C=O) groups excluding carboxylic acids is 2. The number of nitrogens with zero attached hydrogens (tertiary/aromatic N) is 1. The molecular weight excluding hydrogens is 240 g/mol. The predicted molar refractivity (Wildman–Crippen MR) is 76.2 cm³/mol. The summed E-state index contributed by atoms with van der Waals surface area (Å²) in [6.45, 7) is 5.12. The van der Waals surface area contributed by atoms with Crippen molar-refractivity contribution in [2.75, 3.05) is 20.1 Å². The van der Waals surface area contributed by atoms with E-state index in [2.05, 4.69) is 5.32 Å². The highest BCUT2D eigenvalue weighted by molar-refractivity contribution is 6.12. The fraction of sp³-hybridized carbons (Fsp3) is 0.467. The van der Waals surface area contributed by atoms with Gasteiger partial charge in [0.05, 0.1) is 0 Å². The quantitative estimate of drug-likeness (QED) is 0.335. The summed E-state index contributed by atoms with van der Waals surface area (Å²) in [7, 11) is 1.79. The highest BCUT2D eigenvalue weighted by Gasteiger charge is 2.41. The van der Waals surface area contributed by atoms with Gasteiger partial charge in [-0.15, -0.1) is 0 Å². The minimum absolute atomic E-state index is 0.207. The lowest BCUT2D eigenvalue weighted by molar-refractivity contribution is -0.117. The summed E-state index contributed by atoms with van der Waals surface area (Å²) in [5.41, 5.74) is -0.731. The molecule has 4 nitrogen and oxygen atoms in total. The van der Waals surface area contributed by atoms with Crippen molar-refractivity contribution in [3.8, 4) is 0 Å². The van der Waals surface area contributed by atoms with Gasteiger partial charge in [-0.1, -0.05) is 44.2 Å². The lowest BCUT2D eigenvalue weighted by Gasteiger charge is -2.36. The Morgan fingerprint density at radius 2 is 1.95 bits per heavy atom. The summed E-state index contributed by atoms with van der Waals surface area (Å²) in [6.07, 6.45) is 1.58. The Morgan fingerprint density at radius 1 is 1.32 bits per heavy atom. The maximum atomic E-state index is 12.7. The molecule has 0 aromatic heterocycles. The molecule has 0 saturated heterocycles. The number of hydrogen-bond acceptors (Lipinski definition) is 4. The van der Waals surface area contributed by atoms with Crippen molar-refractivity contribution in [1.82, 2.24) is 10.2 Å². The number of ketones is 1. The minimum Gasteiger partial charge on any atom is -0.299 e. The first-order valence-corrected chi connectivity index (χ1v) is 6.64. The third-order valence-electron chi connectivity index (χ3n) is 3.16. The zero-order chi connectivity index (χ0) is 14.3. The number of likely N-dealkylation sites (N-methyl/N-ethyl adjacent to an activating group) is 2. The lowest BCUT2D eigenvalue weighted by Crippen LogP contribution is -2.64. The normalized spacial score (nSPS) is 14.1. The maximum absolute atomic E-state index is 12.7. The van der Waals surface area contributed by atoms with E-state index in [0.29, 0.717) is 24.9 Å². The standard InChI is InChI=1S/C15H22N2O2/c1-4-11-17(3)15(12-18,16-5-2)14(19)13-9-7-6-8-10-13/h6-10,12,16H,4-5,11H2,1-3H3. The second-order valence-corrected chi connectivity index (χ2v) is 4.53. The Bertz CT molecular complexity index is 419. The predicted octanol–water partition coefficient (Wildman–Crippen LogP) is 1.72. The number of carbonyl (C=O) groups is 2. The van der Waals surface area contributed by atoms with Gasteiger partial charge in [0.2, 0.25) is 5.78 Å². The number of rotatable bonds is 8. The van der Waals surface area contributed by atoms with Crippen LogP contribution in [0.3, 0.4) is 0 Å². The molecule has 1 rings (SSSR count). The van der Waals surface area contributed by atoms with E-state index in [9.17, 15) is 9.59 Å². The van der Waals surface area contributed by atoms with Crippen LogP contribution < -0.4 is 5.32 Å². The monoisotopic (exact) mass is 262 g/mol. The summed E-state index contributed by atoms with van der Waals surface area (Å²) < 4.78 is 0. The van der Waals surface area contributed by atoms with Crippen LogP contribution in [0.25, 0.3) is 0 Å². The van der Waals surface area contributed by atoms with E-state index in [0.717, 1.165) is 6.42 Å². The smallest absolute Gasteiger partial charge is 0.205 e. The first kappa shape index (κ1) is 15.5. The Balaban J connectivity index is 3.15. The van der Waals surface area contributed by atoms with E-state index in [4.69, 9.17) is 0 Å². The summed E-state index contributed by atoms with van der Waals surface area (Å²) in [4.78, 5) is 26.1. The van der Waals surface area contributed by atoms with Crippen LogP contribution in [0.5, 0.6) is 0 Å². The van der Waals surface area contributed by atoms with Crippen LogP contribution in [0.4, 0.5) is 0 Å². The van der Waals surface area contributed by atoms with Crippen LogP contribution in [0.2, 0.25) is 0 Å². The molecule has 1 unspecified atom stereocenters. The van der Waals surface area contributed by atoms with E-state index in [1.54, 1.807) is 36.2 Å². The van der Waals surface area contributed by atoms with Crippen LogP contribution in [0.1, 0.15) is 30.6 Å². The van der Waals surface area contributed by atoms with Gasteiger partial charge in [0, 0.05) is 12.1 Å². The van der Waals surface area contributed by atoms with Gasteiger partial charge >= 0.3 is 0 Å². The summed E-state index contributed by atoms with van der Waals surface area (Å²) >= 11 is 0. The van der Waals surface area contributed by atoms with Crippen molar-refractivity contribution in [3.05, 3.63) is 35.9 Å². The summed E-state index contributed by atoms with van der Waals surface area (Å²) in [6, 6.07) is 8.92. The van der Waals surface area contributed by atoms with E-state index in [1.165, 1.54) is 0 Å². The van der Waals surface area contributed by atoms with Crippen LogP contribution in [0, 0.1) is 0 Å². The average Bonchev–Trinajstić information content (AvgIpc) is 2.45. The average molecular weight is 262 g/mol. The third kappa shape index (κ3) is 3.28. The van der Waals surface area contributed by atoms with Crippen LogP contribution in [0.15, 0.2) is 30.3 Å². The van der Waals surface area contributed by atoms with Gasteiger partial charge in [-0.2, -0.15) is 0 Å². The number of hydrogen-bond donors (Lipinski definition) is 1. The molecule has 0 saturated carbocycles. The molecule has 0 fully saturated rings. The van der Waals surface area contributed by atoms with E-state index < -0.39 is 5.66 Å². The fourth-order valence-corrected chi connectivity index (χ4v) is 2.16. The third-order valence-corrected chi connectivity index (χ3v) is 3.16. The molecule has 104 valence electrons. The fourth-order valence-electron chi connectivity index (χ4n) is 2.16. The highest BCUT2D eigenvalue weighted by atomic mass is 16.2. The molecule has 0 spiro atoms. The Hall–Kier alpha value is -1.52. The number of benzene rings is 1. The van der Waals surface area contributed by atoms with Gasteiger partial charge in [0.25, 0.3) is 0 Å². The molecule has 1 aromatic carbocycles. The molecule has 1 atom stereocenters. The van der Waals surface area contributed by atoms with Crippen molar-refractivity contribution >= 4 is 12.1 Å². The maximum Gasteiger partial charge on any atom is 0.205 e. The van der Waals surface area contributed by atoms with Gasteiger partial charge in [-0.25, -0.2) is 0 Å². The Labute approximate surface area is 114 Å². The molecule has 0 bridgehead atoms. The number of Topliss-reactive ketones (excluding diaryl/α,β-unsaturated/α-hetero) is 1. The zero-order valence-electron chi connectivity index (χ0n) is 11.8. The van der Waals surface area contributed by atoms with Crippen LogP contribution in [-0.4, -0.2) is 42.8 Å². The molecule has 0 radical (unpaired) electrons. The second-order valence-electron chi connectivity index (χ2n) is 4.53. The minimum atomic E-state index is -1.27. The first-order chi connectivity index (χ1) is 9.12.